The molecule has 88 valence electrons. The number of carbonyl (C=O) groups is 1. The molecule has 1 heterocycles. The lowest BCUT2D eigenvalue weighted by molar-refractivity contribution is -0.121. The third-order valence-electron chi connectivity index (χ3n) is 2.29. The van der Waals surface area contributed by atoms with Gasteiger partial charge in [0.1, 0.15) is 0 Å². The second kappa shape index (κ2) is 6.23. The lowest BCUT2D eigenvalue weighted by atomic mass is 10.1. The summed E-state index contributed by atoms with van der Waals surface area (Å²) in [6.07, 6.45) is 0.380. The van der Waals surface area contributed by atoms with E-state index in [0.717, 1.165) is 18.8 Å². The Bertz CT molecular complexity index is 240. The van der Waals surface area contributed by atoms with Crippen LogP contribution in [0.25, 0.3) is 0 Å². The van der Waals surface area contributed by atoms with E-state index in [1.165, 1.54) is 0 Å². The number of carbonyl (C=O) groups excluding carboxylic acids is 1. The predicted molar refractivity (Wildman–Crippen MR) is 62.1 cm³/mol. The molecule has 1 atom stereocenters. The fourth-order valence-corrected chi connectivity index (χ4v) is 2.75. The van der Waals surface area contributed by atoms with E-state index >= 15 is 0 Å². The first-order valence-electron chi connectivity index (χ1n) is 5.43. The Morgan fingerprint density at radius 1 is 1.53 bits per heavy atom. The minimum absolute atomic E-state index is 0.00471. The number of amides is 1. The summed E-state index contributed by atoms with van der Waals surface area (Å²) in [6.45, 7) is 5.80. The van der Waals surface area contributed by atoms with Crippen LogP contribution in [0.4, 0.5) is 0 Å². The van der Waals surface area contributed by atoms with Crippen molar-refractivity contribution < 1.29 is 9.00 Å². The summed E-state index contributed by atoms with van der Waals surface area (Å²) in [5, 5.41) is 5.94. The maximum atomic E-state index is 11.5. The van der Waals surface area contributed by atoms with Crippen LogP contribution in [0.1, 0.15) is 20.3 Å². The van der Waals surface area contributed by atoms with Crippen molar-refractivity contribution >= 4 is 16.7 Å². The molecular formula is C10H20N2O2S. The molecule has 1 aliphatic heterocycles. The highest BCUT2D eigenvalue weighted by Gasteiger charge is 2.19. The minimum atomic E-state index is -0.835. The van der Waals surface area contributed by atoms with Crippen molar-refractivity contribution in [2.24, 2.45) is 5.92 Å². The molecule has 0 aromatic heterocycles. The zero-order valence-corrected chi connectivity index (χ0v) is 10.2. The maximum Gasteiger partial charge on any atom is 0.221 e. The summed E-state index contributed by atoms with van der Waals surface area (Å²) >= 11 is 0. The van der Waals surface area contributed by atoms with Crippen LogP contribution in [0.2, 0.25) is 0 Å². The molecule has 0 bridgehead atoms. The molecule has 0 aliphatic carbocycles. The SMILES string of the molecule is CC(C)NC(=O)CCS(=O)CC1CNC1. The number of nitrogens with one attached hydrogen (secondary N) is 2. The van der Waals surface area contributed by atoms with Gasteiger partial charge in [0.2, 0.25) is 5.91 Å². The standard InChI is InChI=1S/C10H20N2O2S/c1-8(2)12-10(13)3-4-15(14)7-9-5-11-6-9/h8-9,11H,3-7H2,1-2H3,(H,12,13). The topological polar surface area (TPSA) is 58.2 Å². The highest BCUT2D eigenvalue weighted by Crippen LogP contribution is 2.05. The Kier molecular flexibility index (Phi) is 5.25. The van der Waals surface area contributed by atoms with Gasteiger partial charge in [-0.05, 0) is 19.8 Å². The van der Waals surface area contributed by atoms with E-state index in [0.29, 0.717) is 18.1 Å². The Hall–Kier alpha value is -0.420. The van der Waals surface area contributed by atoms with Crippen LogP contribution in [-0.2, 0) is 15.6 Å². The van der Waals surface area contributed by atoms with Crippen molar-refractivity contribution in [2.75, 3.05) is 24.6 Å². The van der Waals surface area contributed by atoms with E-state index in [9.17, 15) is 9.00 Å². The van der Waals surface area contributed by atoms with Gasteiger partial charge in [0.15, 0.2) is 0 Å². The molecule has 2 N–H and O–H groups in total. The summed E-state index contributed by atoms with van der Waals surface area (Å²) < 4.78 is 11.5. The summed E-state index contributed by atoms with van der Waals surface area (Å²) in [7, 11) is -0.835. The number of hydrogen-bond donors (Lipinski definition) is 2. The second-order valence-corrected chi connectivity index (χ2v) is 5.93. The van der Waals surface area contributed by atoms with Crippen LogP contribution in [0.15, 0.2) is 0 Å². The van der Waals surface area contributed by atoms with Gasteiger partial charge < -0.3 is 10.6 Å². The molecule has 0 saturated carbocycles. The van der Waals surface area contributed by atoms with Gasteiger partial charge in [-0.25, -0.2) is 0 Å². The Balaban J connectivity index is 2.07. The highest BCUT2D eigenvalue weighted by molar-refractivity contribution is 7.85. The molecule has 5 heteroatoms. The van der Waals surface area contributed by atoms with Gasteiger partial charge in [-0.3, -0.25) is 9.00 Å². The van der Waals surface area contributed by atoms with Crippen LogP contribution in [-0.4, -0.2) is 40.8 Å². The fraction of sp³-hybridized carbons (Fsp3) is 0.900. The van der Waals surface area contributed by atoms with Gasteiger partial charge in [-0.2, -0.15) is 0 Å². The van der Waals surface area contributed by atoms with Gasteiger partial charge >= 0.3 is 0 Å². The summed E-state index contributed by atoms with van der Waals surface area (Å²) in [6, 6.07) is 0.168. The smallest absolute Gasteiger partial charge is 0.221 e. The van der Waals surface area contributed by atoms with Crippen molar-refractivity contribution in [3.05, 3.63) is 0 Å². The van der Waals surface area contributed by atoms with Crippen LogP contribution in [0.5, 0.6) is 0 Å². The predicted octanol–water partition coefficient (Wildman–Crippen LogP) is -0.131. The molecule has 4 nitrogen and oxygen atoms in total. The summed E-state index contributed by atoms with van der Waals surface area (Å²) in [4.78, 5) is 11.3. The molecule has 0 radical (unpaired) electrons. The third-order valence-corrected chi connectivity index (χ3v) is 3.80. The van der Waals surface area contributed by atoms with Gasteiger partial charge in [0, 0.05) is 47.9 Å². The van der Waals surface area contributed by atoms with Crippen LogP contribution < -0.4 is 10.6 Å². The van der Waals surface area contributed by atoms with Crippen LogP contribution in [0, 0.1) is 5.92 Å². The van der Waals surface area contributed by atoms with Gasteiger partial charge in [-0.15, -0.1) is 0 Å². The Morgan fingerprint density at radius 3 is 2.67 bits per heavy atom. The van der Waals surface area contributed by atoms with Gasteiger partial charge in [-0.1, -0.05) is 0 Å². The van der Waals surface area contributed by atoms with Crippen molar-refractivity contribution in [3.63, 3.8) is 0 Å². The molecule has 15 heavy (non-hydrogen) atoms. The first-order valence-corrected chi connectivity index (χ1v) is 6.91. The zero-order valence-electron chi connectivity index (χ0n) is 9.41. The lowest BCUT2D eigenvalue weighted by Gasteiger charge is -2.26. The Morgan fingerprint density at radius 2 is 2.20 bits per heavy atom. The van der Waals surface area contributed by atoms with Crippen molar-refractivity contribution in [3.8, 4) is 0 Å². The largest absolute Gasteiger partial charge is 0.354 e. The minimum Gasteiger partial charge on any atom is -0.354 e. The van der Waals surface area contributed by atoms with E-state index in [1.54, 1.807) is 0 Å². The quantitative estimate of drug-likeness (QED) is 0.671. The van der Waals surface area contributed by atoms with Crippen molar-refractivity contribution in [2.45, 2.75) is 26.3 Å². The maximum absolute atomic E-state index is 11.5. The second-order valence-electron chi connectivity index (χ2n) is 4.31. The summed E-state index contributed by atoms with van der Waals surface area (Å²) in [5.74, 6) is 1.79. The van der Waals surface area contributed by atoms with E-state index < -0.39 is 10.8 Å². The van der Waals surface area contributed by atoms with E-state index in [-0.39, 0.29) is 11.9 Å². The average molecular weight is 232 g/mol. The van der Waals surface area contributed by atoms with E-state index in [2.05, 4.69) is 10.6 Å². The van der Waals surface area contributed by atoms with E-state index in [1.807, 2.05) is 13.8 Å². The molecule has 1 saturated heterocycles. The van der Waals surface area contributed by atoms with Gasteiger partial charge in [0.05, 0.1) is 0 Å². The highest BCUT2D eigenvalue weighted by atomic mass is 32.2. The molecule has 0 aromatic rings. The van der Waals surface area contributed by atoms with Crippen molar-refractivity contribution in [1.82, 2.24) is 10.6 Å². The van der Waals surface area contributed by atoms with E-state index in [4.69, 9.17) is 0 Å². The molecule has 1 aliphatic rings. The molecule has 0 spiro atoms. The Labute approximate surface area is 93.7 Å². The normalized spacial score (nSPS) is 18.6. The third kappa shape index (κ3) is 5.28. The number of rotatable bonds is 6. The van der Waals surface area contributed by atoms with Crippen LogP contribution in [0.3, 0.4) is 0 Å². The first-order chi connectivity index (χ1) is 7.08. The lowest BCUT2D eigenvalue weighted by Crippen LogP contribution is -2.45. The molecule has 0 aromatic carbocycles. The zero-order chi connectivity index (χ0) is 11.3. The summed E-state index contributed by atoms with van der Waals surface area (Å²) in [5.41, 5.74) is 0. The molecule has 1 amide bonds. The number of hydrogen-bond acceptors (Lipinski definition) is 3. The first kappa shape index (κ1) is 12.6. The fourth-order valence-electron chi connectivity index (χ4n) is 1.41. The molecule has 1 fully saturated rings. The molecular weight excluding hydrogens is 212 g/mol. The van der Waals surface area contributed by atoms with Gasteiger partial charge in [0.25, 0.3) is 0 Å². The monoisotopic (exact) mass is 232 g/mol. The van der Waals surface area contributed by atoms with Crippen molar-refractivity contribution in [1.29, 1.82) is 0 Å². The van der Waals surface area contributed by atoms with Crippen LogP contribution >= 0.6 is 0 Å². The molecule has 1 unspecified atom stereocenters. The molecule has 1 rings (SSSR count). The average Bonchev–Trinajstić information content (AvgIpc) is 2.07.